The summed E-state index contributed by atoms with van der Waals surface area (Å²) >= 11 is 5.79. The summed E-state index contributed by atoms with van der Waals surface area (Å²) in [5.41, 5.74) is 0.852. The van der Waals surface area contributed by atoms with E-state index in [0.29, 0.717) is 5.02 Å². The van der Waals surface area contributed by atoms with E-state index in [1.165, 1.54) is 4.90 Å². The predicted molar refractivity (Wildman–Crippen MR) is 78.7 cm³/mol. The molecule has 21 heavy (non-hydrogen) atoms. The molecule has 1 aromatic carbocycles. The van der Waals surface area contributed by atoms with Crippen molar-refractivity contribution in [3.8, 4) is 0 Å². The van der Waals surface area contributed by atoms with Gasteiger partial charge in [-0.2, -0.15) is 0 Å². The van der Waals surface area contributed by atoms with E-state index in [-0.39, 0.29) is 31.3 Å². The Bertz CT molecular complexity index is 657. The molecule has 1 aliphatic heterocycles. The van der Waals surface area contributed by atoms with Gasteiger partial charge in [-0.1, -0.05) is 23.7 Å². The van der Waals surface area contributed by atoms with Crippen molar-refractivity contribution in [3.63, 3.8) is 0 Å². The minimum atomic E-state index is -3.22. The number of hydrogen-bond acceptors (Lipinski definition) is 4. The van der Waals surface area contributed by atoms with Crippen LogP contribution in [0.15, 0.2) is 24.3 Å². The molecule has 8 heteroatoms. The van der Waals surface area contributed by atoms with Gasteiger partial charge in [0.25, 0.3) is 0 Å². The first kappa shape index (κ1) is 15.8. The third-order valence-corrected chi connectivity index (χ3v) is 4.28. The molecule has 0 radical (unpaired) electrons. The van der Waals surface area contributed by atoms with Gasteiger partial charge in [-0.05, 0) is 17.7 Å². The Kier molecular flexibility index (Phi) is 4.53. The topological polar surface area (TPSA) is 74.8 Å². The number of amides is 3. The molecule has 0 N–H and O–H groups in total. The van der Waals surface area contributed by atoms with Crippen molar-refractivity contribution in [2.24, 2.45) is 0 Å². The van der Waals surface area contributed by atoms with Crippen LogP contribution < -0.4 is 0 Å². The fourth-order valence-electron chi connectivity index (χ4n) is 2.00. The molecular weight excluding hydrogens is 316 g/mol. The lowest BCUT2D eigenvalue weighted by molar-refractivity contribution is -0.125. The molecule has 1 aromatic rings. The maximum Gasteiger partial charge on any atom is 0.327 e. The highest BCUT2D eigenvalue weighted by Gasteiger charge is 2.35. The number of nitrogens with zero attached hydrogens (tertiary/aromatic N) is 2. The highest BCUT2D eigenvalue weighted by molar-refractivity contribution is 7.90. The van der Waals surface area contributed by atoms with Gasteiger partial charge in [-0.25, -0.2) is 13.2 Å². The molecule has 3 amide bonds. The van der Waals surface area contributed by atoms with Crippen LogP contribution in [0.25, 0.3) is 0 Å². The molecule has 2 rings (SSSR count). The van der Waals surface area contributed by atoms with Crippen molar-refractivity contribution in [2.75, 3.05) is 25.1 Å². The molecule has 0 aromatic heterocycles. The van der Waals surface area contributed by atoms with Gasteiger partial charge in [0.15, 0.2) is 0 Å². The van der Waals surface area contributed by atoms with E-state index in [9.17, 15) is 18.0 Å². The van der Waals surface area contributed by atoms with E-state index < -0.39 is 15.9 Å². The maximum absolute atomic E-state index is 12.1. The summed E-state index contributed by atoms with van der Waals surface area (Å²) in [6.45, 7) is 0.149. The van der Waals surface area contributed by atoms with Gasteiger partial charge in [0, 0.05) is 24.4 Å². The van der Waals surface area contributed by atoms with Gasteiger partial charge in [0.1, 0.15) is 16.4 Å². The van der Waals surface area contributed by atoms with Gasteiger partial charge in [-0.3, -0.25) is 9.69 Å². The molecule has 1 aliphatic rings. The molecule has 0 atom stereocenters. The number of rotatable bonds is 5. The molecule has 1 heterocycles. The van der Waals surface area contributed by atoms with Gasteiger partial charge < -0.3 is 4.90 Å². The van der Waals surface area contributed by atoms with Crippen LogP contribution in [-0.2, 0) is 21.2 Å². The zero-order valence-electron chi connectivity index (χ0n) is 11.5. The molecule has 6 nitrogen and oxygen atoms in total. The van der Waals surface area contributed by atoms with Crippen LogP contribution >= 0.6 is 11.6 Å². The monoisotopic (exact) mass is 330 g/mol. The zero-order chi connectivity index (χ0) is 15.6. The predicted octanol–water partition coefficient (Wildman–Crippen LogP) is 1.15. The number of imide groups is 1. The van der Waals surface area contributed by atoms with Crippen molar-refractivity contribution in [1.29, 1.82) is 0 Å². The van der Waals surface area contributed by atoms with Crippen LogP contribution in [0.1, 0.15) is 5.56 Å². The van der Waals surface area contributed by atoms with E-state index in [4.69, 9.17) is 11.6 Å². The molecular formula is C13H15ClN2O4S. The van der Waals surface area contributed by atoms with Gasteiger partial charge in [0.2, 0.25) is 5.91 Å². The van der Waals surface area contributed by atoms with Crippen LogP contribution in [0.4, 0.5) is 4.79 Å². The van der Waals surface area contributed by atoms with Gasteiger partial charge in [0.05, 0.1) is 5.75 Å². The Balaban J connectivity index is 2.02. The number of benzene rings is 1. The number of halogens is 1. The molecule has 0 aliphatic carbocycles. The van der Waals surface area contributed by atoms with Crippen molar-refractivity contribution in [3.05, 3.63) is 34.9 Å². The average molecular weight is 331 g/mol. The summed E-state index contributed by atoms with van der Waals surface area (Å²) in [6.07, 6.45) is 1.07. The summed E-state index contributed by atoms with van der Waals surface area (Å²) in [7, 11) is -3.22. The summed E-state index contributed by atoms with van der Waals surface area (Å²) in [5.74, 6) is -0.600. The third kappa shape index (κ3) is 4.18. The van der Waals surface area contributed by atoms with E-state index >= 15 is 0 Å². The van der Waals surface area contributed by atoms with Crippen LogP contribution in [0.5, 0.6) is 0 Å². The fraction of sp³-hybridized carbons (Fsp3) is 0.385. The minimum absolute atomic E-state index is 0.0365. The number of carbonyl (C=O) groups excluding carboxylic acids is 2. The van der Waals surface area contributed by atoms with Crippen molar-refractivity contribution in [2.45, 2.75) is 6.54 Å². The Morgan fingerprint density at radius 2 is 1.81 bits per heavy atom. The first-order chi connectivity index (χ1) is 9.76. The highest BCUT2D eigenvalue weighted by atomic mass is 35.5. The molecule has 1 saturated heterocycles. The number of hydrogen-bond donors (Lipinski definition) is 0. The maximum atomic E-state index is 12.1. The van der Waals surface area contributed by atoms with Crippen LogP contribution in [-0.4, -0.2) is 55.3 Å². The molecule has 0 saturated carbocycles. The number of urea groups is 1. The van der Waals surface area contributed by atoms with E-state index in [1.807, 2.05) is 0 Å². The Labute approximate surface area is 128 Å². The van der Waals surface area contributed by atoms with E-state index in [1.54, 1.807) is 24.3 Å². The third-order valence-electron chi connectivity index (χ3n) is 3.10. The quantitative estimate of drug-likeness (QED) is 0.759. The molecule has 114 valence electrons. The second-order valence-electron chi connectivity index (χ2n) is 4.94. The van der Waals surface area contributed by atoms with E-state index in [0.717, 1.165) is 16.7 Å². The second kappa shape index (κ2) is 6.03. The Morgan fingerprint density at radius 3 is 2.38 bits per heavy atom. The highest BCUT2D eigenvalue weighted by Crippen LogP contribution is 2.16. The van der Waals surface area contributed by atoms with Crippen molar-refractivity contribution in [1.82, 2.24) is 9.80 Å². The molecule has 0 bridgehead atoms. The van der Waals surface area contributed by atoms with Gasteiger partial charge >= 0.3 is 6.03 Å². The van der Waals surface area contributed by atoms with Crippen molar-refractivity contribution >= 4 is 33.4 Å². The summed E-state index contributed by atoms with van der Waals surface area (Å²) in [5, 5.41) is 0.595. The van der Waals surface area contributed by atoms with Crippen LogP contribution in [0.3, 0.4) is 0 Å². The molecule has 0 unspecified atom stereocenters. The second-order valence-corrected chi connectivity index (χ2v) is 7.64. The van der Waals surface area contributed by atoms with E-state index in [2.05, 4.69) is 0 Å². The first-order valence-electron chi connectivity index (χ1n) is 6.28. The molecule has 1 fully saturated rings. The lowest BCUT2D eigenvalue weighted by Gasteiger charge is -2.16. The standard InChI is InChI=1S/C13H15ClN2O4S/c1-21(19,20)7-6-16-12(17)9-15(13(16)18)8-10-2-4-11(14)5-3-10/h2-5H,6-9H2,1H3. The Morgan fingerprint density at radius 1 is 1.19 bits per heavy atom. The lowest BCUT2D eigenvalue weighted by Crippen LogP contribution is -2.36. The fourth-order valence-corrected chi connectivity index (χ4v) is 2.65. The van der Waals surface area contributed by atoms with Gasteiger partial charge in [-0.15, -0.1) is 0 Å². The van der Waals surface area contributed by atoms with Crippen LogP contribution in [0.2, 0.25) is 5.02 Å². The SMILES string of the molecule is CS(=O)(=O)CCN1C(=O)CN(Cc2ccc(Cl)cc2)C1=O. The Hall–Kier alpha value is -1.60. The smallest absolute Gasteiger partial charge is 0.311 e. The largest absolute Gasteiger partial charge is 0.327 e. The summed E-state index contributed by atoms with van der Waals surface area (Å²) < 4.78 is 22.3. The first-order valence-corrected chi connectivity index (χ1v) is 8.71. The summed E-state index contributed by atoms with van der Waals surface area (Å²) in [6, 6.07) is 6.51. The lowest BCUT2D eigenvalue weighted by atomic mass is 10.2. The number of carbonyl (C=O) groups is 2. The summed E-state index contributed by atoms with van der Waals surface area (Å²) in [4.78, 5) is 26.3. The zero-order valence-corrected chi connectivity index (χ0v) is 13.0. The molecule has 0 spiro atoms. The number of sulfone groups is 1. The van der Waals surface area contributed by atoms with Crippen molar-refractivity contribution < 1.29 is 18.0 Å². The average Bonchev–Trinajstić information content (AvgIpc) is 2.64. The minimum Gasteiger partial charge on any atom is -0.311 e. The van der Waals surface area contributed by atoms with Crippen LogP contribution in [0, 0.1) is 0 Å². The normalized spacial score (nSPS) is 15.9.